The van der Waals surface area contributed by atoms with Gasteiger partial charge in [-0.3, -0.25) is 9.89 Å². The Morgan fingerprint density at radius 2 is 1.94 bits per heavy atom. The first-order valence-electron chi connectivity index (χ1n) is 9.31. The van der Waals surface area contributed by atoms with Crippen LogP contribution in [0.4, 0.5) is 18.9 Å². The van der Waals surface area contributed by atoms with Crippen molar-refractivity contribution in [3.05, 3.63) is 77.0 Å². The maximum atomic E-state index is 12.9. The minimum absolute atomic E-state index is 0.0921. The Bertz CT molecular complexity index is 1280. The summed E-state index contributed by atoms with van der Waals surface area (Å²) in [6.45, 7) is 1.67. The van der Waals surface area contributed by atoms with Gasteiger partial charge in [0.25, 0.3) is 5.91 Å². The molecule has 6 nitrogen and oxygen atoms in total. The number of hydrogen-bond donors (Lipinski definition) is 3. The maximum absolute atomic E-state index is 12.9. The van der Waals surface area contributed by atoms with Crippen molar-refractivity contribution in [2.24, 2.45) is 0 Å². The molecule has 9 heteroatoms. The van der Waals surface area contributed by atoms with Crippen LogP contribution in [0.1, 0.15) is 27.2 Å². The van der Waals surface area contributed by atoms with E-state index in [1.54, 1.807) is 30.3 Å². The number of aliphatic hydroxyl groups is 1. The van der Waals surface area contributed by atoms with Gasteiger partial charge in [0.15, 0.2) is 5.65 Å². The quantitative estimate of drug-likeness (QED) is 0.441. The molecule has 4 rings (SSSR count). The number of pyridine rings is 1. The number of aliphatic hydroxyl groups excluding tert-OH is 1. The van der Waals surface area contributed by atoms with Crippen molar-refractivity contribution in [3.63, 3.8) is 0 Å². The molecule has 4 aromatic rings. The second-order valence-corrected chi connectivity index (χ2v) is 6.98. The van der Waals surface area contributed by atoms with Crippen molar-refractivity contribution in [1.82, 2.24) is 15.2 Å². The first kappa shape index (κ1) is 20.5. The highest BCUT2D eigenvalue weighted by molar-refractivity contribution is 6.04. The van der Waals surface area contributed by atoms with Crippen LogP contribution >= 0.6 is 0 Å². The molecular weight excluding hydrogens is 409 g/mol. The number of anilines is 1. The number of benzene rings is 2. The van der Waals surface area contributed by atoms with E-state index >= 15 is 0 Å². The summed E-state index contributed by atoms with van der Waals surface area (Å²) in [6, 6.07) is 13.0. The highest BCUT2D eigenvalue weighted by Gasteiger charge is 2.30. The smallest absolute Gasteiger partial charge is 0.390 e. The molecule has 31 heavy (non-hydrogen) atoms. The molecule has 0 saturated carbocycles. The van der Waals surface area contributed by atoms with Crippen LogP contribution in [0.2, 0.25) is 0 Å². The van der Waals surface area contributed by atoms with Gasteiger partial charge in [-0.15, -0.1) is 0 Å². The van der Waals surface area contributed by atoms with Gasteiger partial charge in [-0.2, -0.15) is 18.3 Å². The Labute approximate surface area is 174 Å². The summed E-state index contributed by atoms with van der Waals surface area (Å²) in [5.41, 5.74) is 2.70. The van der Waals surface area contributed by atoms with E-state index in [4.69, 9.17) is 0 Å². The van der Waals surface area contributed by atoms with Crippen LogP contribution < -0.4 is 5.32 Å². The van der Waals surface area contributed by atoms with Crippen molar-refractivity contribution < 1.29 is 23.1 Å². The first-order valence-corrected chi connectivity index (χ1v) is 9.31. The minimum atomic E-state index is -4.53. The molecule has 3 N–H and O–H groups in total. The molecule has 158 valence electrons. The third kappa shape index (κ3) is 4.13. The number of amides is 1. The number of aromatic nitrogens is 3. The van der Waals surface area contributed by atoms with Gasteiger partial charge in [0.2, 0.25) is 0 Å². The molecule has 2 heterocycles. The number of fused-ring (bicyclic) bond motifs is 1. The lowest BCUT2D eigenvalue weighted by Crippen LogP contribution is -2.14. The van der Waals surface area contributed by atoms with Crippen LogP contribution in [-0.2, 0) is 12.8 Å². The Morgan fingerprint density at radius 1 is 1.13 bits per heavy atom. The van der Waals surface area contributed by atoms with Crippen molar-refractivity contribution in [3.8, 4) is 11.3 Å². The topological polar surface area (TPSA) is 90.9 Å². The standard InChI is InChI=1S/C22H17F3N4O2/c1-12-5-6-15(26-21(31)13-3-2-4-14(9-13)22(23,24)25)10-17(12)18-8-7-16-19(11-30)28-29-20(16)27-18/h2-10,30H,11H2,1H3,(H,26,31)(H,27,28,29). The zero-order chi connectivity index (χ0) is 22.2. The molecule has 0 radical (unpaired) electrons. The Balaban J connectivity index is 1.63. The number of halogens is 3. The third-order valence-electron chi connectivity index (χ3n) is 4.88. The summed E-state index contributed by atoms with van der Waals surface area (Å²) in [6.07, 6.45) is -4.53. The summed E-state index contributed by atoms with van der Waals surface area (Å²) < 4.78 is 38.8. The average molecular weight is 426 g/mol. The third-order valence-corrected chi connectivity index (χ3v) is 4.88. The Morgan fingerprint density at radius 3 is 2.68 bits per heavy atom. The monoisotopic (exact) mass is 426 g/mol. The van der Waals surface area contributed by atoms with Gasteiger partial charge >= 0.3 is 6.18 Å². The normalized spacial score (nSPS) is 11.6. The van der Waals surface area contributed by atoms with Crippen LogP contribution in [0.25, 0.3) is 22.3 Å². The van der Waals surface area contributed by atoms with Gasteiger partial charge in [-0.1, -0.05) is 12.1 Å². The number of hydrogen-bond acceptors (Lipinski definition) is 4. The average Bonchev–Trinajstić information content (AvgIpc) is 3.17. The Kier molecular flexibility index (Phi) is 5.20. The second kappa shape index (κ2) is 7.84. The van der Waals surface area contributed by atoms with Crippen molar-refractivity contribution >= 4 is 22.6 Å². The summed E-state index contributed by atoms with van der Waals surface area (Å²) in [4.78, 5) is 17.0. The van der Waals surface area contributed by atoms with E-state index in [1.807, 2.05) is 6.92 Å². The number of rotatable bonds is 4. The summed E-state index contributed by atoms with van der Waals surface area (Å²) >= 11 is 0. The molecule has 0 atom stereocenters. The van der Waals surface area contributed by atoms with Crippen LogP contribution in [0.3, 0.4) is 0 Å². The maximum Gasteiger partial charge on any atom is 0.416 e. The van der Waals surface area contributed by atoms with E-state index in [0.29, 0.717) is 28.1 Å². The molecule has 0 aliphatic rings. The highest BCUT2D eigenvalue weighted by Crippen LogP contribution is 2.30. The largest absolute Gasteiger partial charge is 0.416 e. The van der Waals surface area contributed by atoms with Gasteiger partial charge in [-0.05, 0) is 55.0 Å². The number of aromatic amines is 1. The van der Waals surface area contributed by atoms with E-state index in [2.05, 4.69) is 20.5 Å². The predicted molar refractivity (Wildman–Crippen MR) is 109 cm³/mol. The van der Waals surface area contributed by atoms with Gasteiger partial charge in [0, 0.05) is 22.2 Å². The molecule has 0 bridgehead atoms. The Hall–Kier alpha value is -3.72. The summed E-state index contributed by atoms with van der Waals surface area (Å²) in [5, 5.41) is 19.4. The lowest BCUT2D eigenvalue weighted by atomic mass is 10.0. The molecule has 0 unspecified atom stereocenters. The van der Waals surface area contributed by atoms with Crippen molar-refractivity contribution in [2.75, 3.05) is 5.32 Å². The number of carbonyl (C=O) groups excluding carboxylic acids is 1. The molecule has 2 aromatic heterocycles. The van der Waals surface area contributed by atoms with Gasteiger partial charge in [-0.25, -0.2) is 4.98 Å². The first-order chi connectivity index (χ1) is 14.8. The number of carbonyl (C=O) groups is 1. The van der Waals surface area contributed by atoms with Crippen LogP contribution in [0.15, 0.2) is 54.6 Å². The zero-order valence-electron chi connectivity index (χ0n) is 16.3. The van der Waals surface area contributed by atoms with Gasteiger partial charge in [0.05, 0.1) is 23.6 Å². The number of aryl methyl sites for hydroxylation is 1. The SMILES string of the molecule is Cc1ccc(NC(=O)c2cccc(C(F)(F)F)c2)cc1-c1ccc2c(CO)n[nH]c2n1. The lowest BCUT2D eigenvalue weighted by Gasteiger charge is -2.11. The van der Waals surface area contributed by atoms with E-state index in [0.717, 1.165) is 23.3 Å². The molecule has 0 spiro atoms. The van der Waals surface area contributed by atoms with Crippen LogP contribution in [0.5, 0.6) is 0 Å². The lowest BCUT2D eigenvalue weighted by molar-refractivity contribution is -0.137. The van der Waals surface area contributed by atoms with Crippen LogP contribution in [0, 0.1) is 6.92 Å². The number of nitrogens with one attached hydrogen (secondary N) is 2. The number of nitrogens with zero attached hydrogens (tertiary/aromatic N) is 2. The predicted octanol–water partition coefficient (Wildman–Crippen LogP) is 4.70. The number of alkyl halides is 3. The van der Waals surface area contributed by atoms with Crippen LogP contribution in [-0.4, -0.2) is 26.2 Å². The molecule has 1 amide bonds. The molecule has 2 aromatic carbocycles. The van der Waals surface area contributed by atoms with Gasteiger partial charge in [0.1, 0.15) is 0 Å². The molecule has 0 aliphatic carbocycles. The molecule has 0 aliphatic heterocycles. The van der Waals surface area contributed by atoms with E-state index in [-0.39, 0.29) is 12.2 Å². The number of H-pyrrole nitrogens is 1. The fraction of sp³-hybridized carbons (Fsp3) is 0.136. The molecule has 0 saturated heterocycles. The van der Waals surface area contributed by atoms with E-state index in [9.17, 15) is 23.1 Å². The van der Waals surface area contributed by atoms with Crippen molar-refractivity contribution in [1.29, 1.82) is 0 Å². The van der Waals surface area contributed by atoms with Crippen molar-refractivity contribution in [2.45, 2.75) is 19.7 Å². The highest BCUT2D eigenvalue weighted by atomic mass is 19.4. The fourth-order valence-electron chi connectivity index (χ4n) is 3.24. The van der Waals surface area contributed by atoms with Gasteiger partial charge < -0.3 is 10.4 Å². The fourth-order valence-corrected chi connectivity index (χ4v) is 3.24. The summed E-state index contributed by atoms with van der Waals surface area (Å²) in [7, 11) is 0. The van der Waals surface area contributed by atoms with E-state index in [1.165, 1.54) is 12.1 Å². The molecule has 0 fully saturated rings. The second-order valence-electron chi connectivity index (χ2n) is 6.98. The molecular formula is C22H17F3N4O2. The zero-order valence-corrected chi connectivity index (χ0v) is 16.3. The summed E-state index contributed by atoms with van der Waals surface area (Å²) in [5.74, 6) is -0.648. The van der Waals surface area contributed by atoms with E-state index < -0.39 is 17.6 Å². The minimum Gasteiger partial charge on any atom is -0.390 e.